The van der Waals surface area contributed by atoms with Gasteiger partial charge in [0.05, 0.1) is 5.70 Å². The summed E-state index contributed by atoms with van der Waals surface area (Å²) in [6.45, 7) is 4.10. The largest absolute Gasteiger partial charge is 0.205 e. The van der Waals surface area contributed by atoms with E-state index in [1.807, 2.05) is 13.0 Å². The van der Waals surface area contributed by atoms with Crippen molar-refractivity contribution in [2.45, 2.75) is 39.5 Å². The molecule has 0 aliphatic rings. The predicted molar refractivity (Wildman–Crippen MR) is 43.0 cm³/mol. The van der Waals surface area contributed by atoms with Crippen LogP contribution in [0, 0.1) is 5.53 Å². The Morgan fingerprint density at radius 1 is 1.50 bits per heavy atom. The molecule has 0 spiro atoms. The summed E-state index contributed by atoms with van der Waals surface area (Å²) in [6.07, 6.45) is 6.51. The smallest absolute Gasteiger partial charge is 0.0581 e. The first-order valence-electron chi connectivity index (χ1n) is 3.87. The lowest BCUT2D eigenvalue weighted by Crippen LogP contribution is -1.78. The minimum absolute atomic E-state index is 0.911. The Kier molecular flexibility index (Phi) is 6.03. The highest BCUT2D eigenvalue weighted by Gasteiger charge is 1.91. The SMILES string of the molecule is C/C=C(/CCCCC)N=N. The van der Waals surface area contributed by atoms with Gasteiger partial charge in [-0.3, -0.25) is 0 Å². The number of hydrogen-bond donors (Lipinski definition) is 1. The van der Waals surface area contributed by atoms with E-state index in [1.54, 1.807) is 0 Å². The molecule has 0 aromatic heterocycles. The van der Waals surface area contributed by atoms with Crippen molar-refractivity contribution < 1.29 is 0 Å². The van der Waals surface area contributed by atoms with Gasteiger partial charge in [-0.25, -0.2) is 5.53 Å². The van der Waals surface area contributed by atoms with E-state index in [9.17, 15) is 0 Å². The molecule has 0 amide bonds. The van der Waals surface area contributed by atoms with Gasteiger partial charge < -0.3 is 0 Å². The normalized spacial score (nSPS) is 11.6. The quantitative estimate of drug-likeness (QED) is 0.448. The van der Waals surface area contributed by atoms with Gasteiger partial charge in [-0.15, -0.1) is 0 Å². The van der Waals surface area contributed by atoms with Crippen LogP contribution in [0.2, 0.25) is 0 Å². The summed E-state index contributed by atoms with van der Waals surface area (Å²) in [4.78, 5) is 0. The van der Waals surface area contributed by atoms with Gasteiger partial charge in [0.25, 0.3) is 0 Å². The van der Waals surface area contributed by atoms with E-state index >= 15 is 0 Å². The Balaban J connectivity index is 3.36. The van der Waals surface area contributed by atoms with Crippen LogP contribution >= 0.6 is 0 Å². The summed E-state index contributed by atoms with van der Waals surface area (Å²) in [7, 11) is 0. The van der Waals surface area contributed by atoms with Crippen molar-refractivity contribution in [3.63, 3.8) is 0 Å². The minimum atomic E-state index is 0.911. The van der Waals surface area contributed by atoms with Crippen LogP contribution in [0.1, 0.15) is 39.5 Å². The van der Waals surface area contributed by atoms with E-state index in [1.165, 1.54) is 19.3 Å². The zero-order valence-corrected chi connectivity index (χ0v) is 6.85. The molecule has 0 radical (unpaired) electrons. The van der Waals surface area contributed by atoms with Crippen molar-refractivity contribution in [2.75, 3.05) is 0 Å². The molecule has 2 heteroatoms. The van der Waals surface area contributed by atoms with Crippen molar-refractivity contribution in [3.05, 3.63) is 11.8 Å². The molecule has 0 aliphatic carbocycles. The number of allylic oxidation sites excluding steroid dienone is 2. The van der Waals surface area contributed by atoms with Gasteiger partial charge in [0.1, 0.15) is 0 Å². The Morgan fingerprint density at radius 3 is 2.60 bits per heavy atom. The van der Waals surface area contributed by atoms with Gasteiger partial charge in [0.2, 0.25) is 0 Å². The molecule has 0 bridgehead atoms. The lowest BCUT2D eigenvalue weighted by molar-refractivity contribution is 0.701. The molecule has 58 valence electrons. The van der Waals surface area contributed by atoms with Crippen LogP contribution in [0.15, 0.2) is 16.9 Å². The number of nitrogens with one attached hydrogen (secondary N) is 1. The van der Waals surface area contributed by atoms with Crippen LogP contribution in [0.5, 0.6) is 0 Å². The summed E-state index contributed by atoms with van der Waals surface area (Å²) >= 11 is 0. The molecule has 0 atom stereocenters. The maximum absolute atomic E-state index is 6.75. The molecule has 2 nitrogen and oxygen atoms in total. The zero-order chi connectivity index (χ0) is 7.82. The lowest BCUT2D eigenvalue weighted by Gasteiger charge is -1.96. The van der Waals surface area contributed by atoms with Crippen molar-refractivity contribution >= 4 is 0 Å². The van der Waals surface area contributed by atoms with E-state index in [4.69, 9.17) is 5.53 Å². The second-order valence-electron chi connectivity index (χ2n) is 2.35. The Labute approximate surface area is 62.8 Å². The minimum Gasteiger partial charge on any atom is -0.205 e. The number of nitrogens with zero attached hydrogens (tertiary/aromatic N) is 1. The fourth-order valence-electron chi connectivity index (χ4n) is 0.821. The van der Waals surface area contributed by atoms with Gasteiger partial charge in [0, 0.05) is 0 Å². The molecule has 0 saturated heterocycles. The monoisotopic (exact) mass is 140 g/mol. The summed E-state index contributed by atoms with van der Waals surface area (Å²) in [5.41, 5.74) is 7.66. The third-order valence-electron chi connectivity index (χ3n) is 1.51. The van der Waals surface area contributed by atoms with Gasteiger partial charge in [0.15, 0.2) is 0 Å². The summed E-state index contributed by atoms with van der Waals surface area (Å²) in [6, 6.07) is 0. The van der Waals surface area contributed by atoms with Gasteiger partial charge in [-0.05, 0) is 19.8 Å². The average Bonchev–Trinajstić information content (AvgIpc) is 1.99. The van der Waals surface area contributed by atoms with Crippen LogP contribution in [-0.4, -0.2) is 0 Å². The highest BCUT2D eigenvalue weighted by molar-refractivity contribution is 4.95. The van der Waals surface area contributed by atoms with Crippen LogP contribution in [0.25, 0.3) is 0 Å². The fourth-order valence-corrected chi connectivity index (χ4v) is 0.821. The standard InChI is InChI=1S/C8H16N2/c1-3-5-6-7-8(4-2)10-9/h4,9H,3,5-7H2,1-2H3/b8-4-,10-9?. The molecular weight excluding hydrogens is 124 g/mol. The van der Waals surface area contributed by atoms with Crippen LogP contribution < -0.4 is 0 Å². The molecule has 0 aromatic carbocycles. The second-order valence-corrected chi connectivity index (χ2v) is 2.35. The van der Waals surface area contributed by atoms with E-state index in [0.29, 0.717) is 0 Å². The van der Waals surface area contributed by atoms with Gasteiger partial charge in [-0.2, -0.15) is 5.11 Å². The average molecular weight is 140 g/mol. The summed E-state index contributed by atoms with van der Waals surface area (Å²) < 4.78 is 0. The van der Waals surface area contributed by atoms with Crippen molar-refractivity contribution in [2.24, 2.45) is 5.11 Å². The molecule has 1 N–H and O–H groups in total. The highest BCUT2D eigenvalue weighted by atomic mass is 15.0. The number of hydrogen-bond acceptors (Lipinski definition) is 2. The summed E-state index contributed by atoms with van der Waals surface area (Å²) in [5, 5.41) is 3.39. The maximum atomic E-state index is 6.75. The van der Waals surface area contributed by atoms with Gasteiger partial charge in [-0.1, -0.05) is 25.8 Å². The van der Waals surface area contributed by atoms with E-state index in [2.05, 4.69) is 12.0 Å². The Bertz CT molecular complexity index is 116. The molecule has 0 rings (SSSR count). The predicted octanol–water partition coefficient (Wildman–Crippen LogP) is 3.50. The third kappa shape index (κ3) is 4.24. The lowest BCUT2D eigenvalue weighted by atomic mass is 10.1. The van der Waals surface area contributed by atoms with E-state index in [0.717, 1.165) is 12.1 Å². The first kappa shape index (κ1) is 9.34. The van der Waals surface area contributed by atoms with Crippen LogP contribution in [0.3, 0.4) is 0 Å². The molecule has 0 aliphatic heterocycles. The van der Waals surface area contributed by atoms with Crippen molar-refractivity contribution in [1.82, 2.24) is 0 Å². The summed E-state index contributed by atoms with van der Waals surface area (Å²) in [5.74, 6) is 0. The Hall–Kier alpha value is -0.660. The zero-order valence-electron chi connectivity index (χ0n) is 6.85. The number of unbranched alkanes of at least 4 members (excludes halogenated alkanes) is 2. The maximum Gasteiger partial charge on any atom is 0.0581 e. The topological polar surface area (TPSA) is 36.2 Å². The molecule has 0 aromatic rings. The molecule has 0 unspecified atom stereocenters. The molecule has 0 fully saturated rings. The van der Waals surface area contributed by atoms with Crippen molar-refractivity contribution in [3.8, 4) is 0 Å². The first-order chi connectivity index (χ1) is 4.85. The first-order valence-corrected chi connectivity index (χ1v) is 3.87. The number of rotatable bonds is 5. The molecule has 0 saturated carbocycles. The van der Waals surface area contributed by atoms with E-state index in [-0.39, 0.29) is 0 Å². The van der Waals surface area contributed by atoms with Crippen molar-refractivity contribution in [1.29, 1.82) is 5.53 Å². The van der Waals surface area contributed by atoms with Crippen LogP contribution in [-0.2, 0) is 0 Å². The highest BCUT2D eigenvalue weighted by Crippen LogP contribution is 2.08. The van der Waals surface area contributed by atoms with Gasteiger partial charge >= 0.3 is 0 Å². The third-order valence-corrected chi connectivity index (χ3v) is 1.51. The Morgan fingerprint density at radius 2 is 2.20 bits per heavy atom. The molecular formula is C8H16N2. The fraction of sp³-hybridized carbons (Fsp3) is 0.750. The molecule has 10 heavy (non-hydrogen) atoms. The van der Waals surface area contributed by atoms with Crippen LogP contribution in [0.4, 0.5) is 0 Å². The second kappa shape index (κ2) is 6.46. The van der Waals surface area contributed by atoms with E-state index < -0.39 is 0 Å². The molecule has 0 heterocycles.